The highest BCUT2D eigenvalue weighted by Crippen LogP contribution is 2.40. The molecular weight excluding hydrogens is 702 g/mol. The van der Waals surface area contributed by atoms with Crippen LogP contribution in [0.1, 0.15) is 85.5 Å². The van der Waals surface area contributed by atoms with Gasteiger partial charge in [-0.05, 0) is 111 Å². The standard InChI is InChI=1S/C37H41F8N3O4/c1-6-52-32(50)18-29(26-15-24(16-28(34(26)39)37(43,44)45)33-21(4)13-25(38)14-22(33)5)46-35(51)30(12-20(2)3)48-19-23(8-11-47-9-7-10-47)27(17-31(48)49)36(40,41)42/h13-17,19-20,29-30H,6-12,18H2,1-5H3,(H,46,51)/t29-,30?/m0/s1. The van der Waals surface area contributed by atoms with Gasteiger partial charge in [0.15, 0.2) is 0 Å². The van der Waals surface area contributed by atoms with Gasteiger partial charge in [-0.15, -0.1) is 0 Å². The molecule has 0 bridgehead atoms. The number of alkyl halides is 6. The van der Waals surface area contributed by atoms with E-state index < -0.39 is 76.6 Å². The summed E-state index contributed by atoms with van der Waals surface area (Å²) in [5.74, 6) is -4.82. The quantitative estimate of drug-likeness (QED) is 0.142. The Kier molecular flexibility index (Phi) is 12.6. The Morgan fingerprint density at radius 1 is 0.923 bits per heavy atom. The molecule has 2 aromatic carbocycles. The molecule has 3 aromatic rings. The van der Waals surface area contributed by atoms with E-state index in [0.717, 1.165) is 35.4 Å². The molecule has 1 aliphatic heterocycles. The first kappa shape index (κ1) is 40.5. The monoisotopic (exact) mass is 743 g/mol. The number of nitrogens with zero attached hydrogens (tertiary/aromatic N) is 2. The number of rotatable bonds is 13. The average Bonchev–Trinajstić information content (AvgIpc) is 2.98. The van der Waals surface area contributed by atoms with Gasteiger partial charge in [0.25, 0.3) is 5.56 Å². The van der Waals surface area contributed by atoms with Crippen molar-refractivity contribution in [1.29, 1.82) is 0 Å². The molecule has 1 unspecified atom stereocenters. The second kappa shape index (κ2) is 16.2. The topological polar surface area (TPSA) is 80.6 Å². The fourth-order valence-corrected chi connectivity index (χ4v) is 6.49. The van der Waals surface area contributed by atoms with E-state index in [9.17, 15) is 45.1 Å². The Morgan fingerprint density at radius 2 is 1.54 bits per heavy atom. The van der Waals surface area contributed by atoms with E-state index in [1.54, 1.807) is 13.8 Å². The summed E-state index contributed by atoms with van der Waals surface area (Å²) in [6.07, 6.45) is -9.28. The number of hydrogen-bond acceptors (Lipinski definition) is 5. The number of ether oxygens (including phenoxy) is 1. The molecular formula is C37H41F8N3O4. The van der Waals surface area contributed by atoms with Crippen LogP contribution in [0.4, 0.5) is 35.1 Å². The van der Waals surface area contributed by atoms with Crippen molar-refractivity contribution in [2.75, 3.05) is 26.2 Å². The van der Waals surface area contributed by atoms with E-state index in [0.29, 0.717) is 25.2 Å². The average molecular weight is 744 g/mol. The van der Waals surface area contributed by atoms with E-state index in [4.69, 9.17) is 4.74 Å². The Labute approximate surface area is 296 Å². The molecule has 4 rings (SSSR count). The number of carbonyl (C=O) groups excluding carboxylic acids is 2. The maximum Gasteiger partial charge on any atom is 0.419 e. The molecule has 0 aliphatic carbocycles. The van der Waals surface area contributed by atoms with Gasteiger partial charge in [-0.2, -0.15) is 26.3 Å². The summed E-state index contributed by atoms with van der Waals surface area (Å²) in [4.78, 5) is 42.1. The smallest absolute Gasteiger partial charge is 0.419 e. The first-order chi connectivity index (χ1) is 24.2. The van der Waals surface area contributed by atoms with Gasteiger partial charge in [-0.25, -0.2) is 8.78 Å². The van der Waals surface area contributed by atoms with E-state index >= 15 is 4.39 Å². The normalized spacial score (nSPS) is 15.0. The lowest BCUT2D eigenvalue weighted by molar-refractivity contribution is -0.144. The van der Waals surface area contributed by atoms with Crippen LogP contribution in [0, 0.1) is 31.4 Å². The van der Waals surface area contributed by atoms with Crippen LogP contribution < -0.4 is 10.9 Å². The Hall–Kier alpha value is -4.27. The van der Waals surface area contributed by atoms with Crippen molar-refractivity contribution < 1.29 is 49.4 Å². The number of aromatic nitrogens is 1. The molecule has 0 radical (unpaired) electrons. The van der Waals surface area contributed by atoms with Crippen LogP contribution >= 0.6 is 0 Å². The molecule has 15 heteroatoms. The van der Waals surface area contributed by atoms with Crippen LogP contribution in [-0.2, 0) is 33.1 Å². The summed E-state index contributed by atoms with van der Waals surface area (Å²) in [5.41, 5.74) is -4.54. The predicted molar refractivity (Wildman–Crippen MR) is 177 cm³/mol. The Morgan fingerprint density at radius 3 is 2.06 bits per heavy atom. The lowest BCUT2D eigenvalue weighted by Gasteiger charge is -2.31. The van der Waals surface area contributed by atoms with E-state index in [1.807, 2.05) is 4.90 Å². The number of halogens is 8. The molecule has 0 spiro atoms. The van der Waals surface area contributed by atoms with Crippen molar-refractivity contribution in [3.05, 3.63) is 91.9 Å². The van der Waals surface area contributed by atoms with Gasteiger partial charge in [0.1, 0.15) is 17.7 Å². The number of likely N-dealkylation sites (tertiary alicyclic amines) is 1. The highest BCUT2D eigenvalue weighted by molar-refractivity contribution is 5.82. The zero-order valence-electron chi connectivity index (χ0n) is 29.4. The van der Waals surface area contributed by atoms with Crippen LogP contribution in [0.3, 0.4) is 0 Å². The van der Waals surface area contributed by atoms with Crippen molar-refractivity contribution >= 4 is 11.9 Å². The van der Waals surface area contributed by atoms with Crippen molar-refractivity contribution in [3.8, 4) is 11.1 Å². The second-order valence-corrected chi connectivity index (χ2v) is 13.5. The summed E-state index contributed by atoms with van der Waals surface area (Å²) < 4.78 is 121. The number of hydrogen-bond donors (Lipinski definition) is 1. The molecule has 1 aliphatic rings. The van der Waals surface area contributed by atoms with E-state index in [-0.39, 0.29) is 59.7 Å². The molecule has 2 heterocycles. The molecule has 1 fully saturated rings. The van der Waals surface area contributed by atoms with E-state index in [2.05, 4.69) is 5.32 Å². The number of pyridine rings is 1. The predicted octanol–water partition coefficient (Wildman–Crippen LogP) is 8.09. The number of esters is 1. The zero-order valence-corrected chi connectivity index (χ0v) is 29.4. The summed E-state index contributed by atoms with van der Waals surface area (Å²) in [7, 11) is 0. The van der Waals surface area contributed by atoms with Gasteiger partial charge in [-0.3, -0.25) is 14.4 Å². The molecule has 1 saturated heterocycles. The van der Waals surface area contributed by atoms with Crippen LogP contribution in [0.15, 0.2) is 41.3 Å². The number of carbonyl (C=O) groups is 2. The summed E-state index contributed by atoms with van der Waals surface area (Å²) in [6.45, 7) is 9.26. The molecule has 52 heavy (non-hydrogen) atoms. The fourth-order valence-electron chi connectivity index (χ4n) is 6.49. The summed E-state index contributed by atoms with van der Waals surface area (Å²) >= 11 is 0. The SMILES string of the molecule is CCOC(=O)C[C@H](NC(=O)C(CC(C)C)n1cc(CCN2CCC2)c(C(F)(F)F)cc1=O)c1cc(-c2c(C)cc(F)cc2C)cc(C(F)(F)F)c1F. The van der Waals surface area contributed by atoms with Gasteiger partial charge < -0.3 is 19.5 Å². The molecule has 1 amide bonds. The minimum absolute atomic E-state index is 0.0862. The number of nitrogens with one attached hydrogen (secondary N) is 1. The van der Waals surface area contributed by atoms with Crippen LogP contribution in [0.2, 0.25) is 0 Å². The number of benzene rings is 2. The van der Waals surface area contributed by atoms with Gasteiger partial charge in [0, 0.05) is 24.4 Å². The van der Waals surface area contributed by atoms with Crippen molar-refractivity contribution in [3.63, 3.8) is 0 Å². The lowest BCUT2D eigenvalue weighted by atomic mass is 9.89. The van der Waals surface area contributed by atoms with Gasteiger partial charge in [0.05, 0.1) is 30.2 Å². The highest BCUT2D eigenvalue weighted by Gasteiger charge is 2.39. The molecule has 7 nitrogen and oxygen atoms in total. The van der Waals surface area contributed by atoms with Crippen molar-refractivity contribution in [2.24, 2.45) is 5.92 Å². The Balaban J connectivity index is 1.87. The van der Waals surface area contributed by atoms with Gasteiger partial charge >= 0.3 is 18.3 Å². The van der Waals surface area contributed by atoms with Gasteiger partial charge in [0.2, 0.25) is 5.91 Å². The Bertz CT molecular complexity index is 1820. The molecule has 1 N–H and O–H groups in total. The first-order valence-electron chi connectivity index (χ1n) is 16.9. The van der Waals surface area contributed by atoms with Crippen LogP contribution in [0.25, 0.3) is 11.1 Å². The van der Waals surface area contributed by atoms with Crippen molar-refractivity contribution in [2.45, 2.75) is 84.7 Å². The summed E-state index contributed by atoms with van der Waals surface area (Å²) in [5, 5.41) is 2.43. The first-order valence-corrected chi connectivity index (χ1v) is 16.9. The molecule has 2 atom stereocenters. The van der Waals surface area contributed by atoms with Gasteiger partial charge in [-0.1, -0.05) is 13.8 Å². The third-order valence-electron chi connectivity index (χ3n) is 9.01. The van der Waals surface area contributed by atoms with Crippen LogP contribution in [-0.4, -0.2) is 47.6 Å². The second-order valence-electron chi connectivity index (χ2n) is 13.5. The minimum Gasteiger partial charge on any atom is -0.466 e. The minimum atomic E-state index is -5.24. The third kappa shape index (κ3) is 9.58. The maximum atomic E-state index is 16.0. The molecule has 284 valence electrons. The zero-order chi connectivity index (χ0) is 38.7. The number of aryl methyl sites for hydroxylation is 2. The van der Waals surface area contributed by atoms with Crippen molar-refractivity contribution in [1.82, 2.24) is 14.8 Å². The third-order valence-corrected chi connectivity index (χ3v) is 9.01. The number of amides is 1. The fraction of sp³-hybridized carbons (Fsp3) is 0.486. The van der Waals surface area contributed by atoms with E-state index in [1.165, 1.54) is 20.8 Å². The van der Waals surface area contributed by atoms with Crippen LogP contribution in [0.5, 0.6) is 0 Å². The molecule has 1 aromatic heterocycles. The highest BCUT2D eigenvalue weighted by atomic mass is 19.4. The maximum absolute atomic E-state index is 16.0. The molecule has 0 saturated carbocycles. The summed E-state index contributed by atoms with van der Waals surface area (Å²) in [6, 6.07) is 0.877. The lowest BCUT2D eigenvalue weighted by Crippen LogP contribution is -2.41. The largest absolute Gasteiger partial charge is 0.466 e.